The van der Waals surface area contributed by atoms with E-state index in [4.69, 9.17) is 0 Å². The number of anilines is 1. The summed E-state index contributed by atoms with van der Waals surface area (Å²) in [5.74, 6) is -1.30. The van der Waals surface area contributed by atoms with Crippen molar-refractivity contribution in [3.8, 4) is 0 Å². The number of hydrogen-bond acceptors (Lipinski definition) is 6. The Morgan fingerprint density at radius 2 is 2.22 bits per heavy atom. The molecule has 2 rings (SSSR count). The molecule has 8 heteroatoms. The fourth-order valence-electron chi connectivity index (χ4n) is 1.57. The second-order valence-electron chi connectivity index (χ2n) is 3.55. The van der Waals surface area contributed by atoms with E-state index in [0.29, 0.717) is 4.60 Å². The number of amides is 1. The summed E-state index contributed by atoms with van der Waals surface area (Å²) in [5, 5.41) is 0. The molecule has 0 radical (unpaired) electrons. The van der Waals surface area contributed by atoms with E-state index in [1.165, 1.54) is 13.3 Å². The van der Waals surface area contributed by atoms with Crippen LogP contribution < -0.4 is 4.90 Å². The normalized spacial score (nSPS) is 15.1. The Labute approximate surface area is 110 Å². The fraction of sp³-hybridized carbons (Fsp3) is 0.300. The van der Waals surface area contributed by atoms with E-state index >= 15 is 0 Å². The summed E-state index contributed by atoms with van der Waals surface area (Å²) in [6.07, 6.45) is 1.16. The molecular weight excluding hydrogens is 306 g/mol. The number of carbonyl (C=O) groups is 3. The van der Waals surface area contributed by atoms with Crippen molar-refractivity contribution in [3.63, 3.8) is 0 Å². The van der Waals surface area contributed by atoms with Crippen LogP contribution in [0.2, 0.25) is 0 Å². The highest BCUT2D eigenvalue weighted by Gasteiger charge is 2.33. The molecule has 0 atom stereocenters. The van der Waals surface area contributed by atoms with Gasteiger partial charge in [-0.05, 0) is 15.9 Å². The molecule has 1 fully saturated rings. The summed E-state index contributed by atoms with van der Waals surface area (Å²) >= 11 is 3.08. The maximum absolute atomic E-state index is 11.6. The zero-order chi connectivity index (χ0) is 13.3. The van der Waals surface area contributed by atoms with Crippen LogP contribution in [0.15, 0.2) is 10.8 Å². The number of hydrogen-bond donors (Lipinski definition) is 0. The second-order valence-corrected chi connectivity index (χ2v) is 4.36. The van der Waals surface area contributed by atoms with E-state index in [-0.39, 0.29) is 30.3 Å². The lowest BCUT2D eigenvalue weighted by Gasteiger charge is -2.15. The van der Waals surface area contributed by atoms with Gasteiger partial charge in [0.25, 0.3) is 0 Å². The first-order valence-electron chi connectivity index (χ1n) is 4.96. The van der Waals surface area contributed by atoms with Gasteiger partial charge in [-0.1, -0.05) is 0 Å². The Hall–Kier alpha value is -1.83. The van der Waals surface area contributed by atoms with Crippen molar-refractivity contribution in [2.75, 3.05) is 18.6 Å². The number of ether oxygens (including phenoxy) is 1. The van der Waals surface area contributed by atoms with Crippen LogP contribution in [0.4, 0.5) is 5.82 Å². The third kappa shape index (κ3) is 2.23. The summed E-state index contributed by atoms with van der Waals surface area (Å²) in [6, 6.07) is 0. The van der Waals surface area contributed by atoms with E-state index in [9.17, 15) is 14.4 Å². The van der Waals surface area contributed by atoms with E-state index in [2.05, 4.69) is 30.6 Å². The van der Waals surface area contributed by atoms with Crippen LogP contribution in [-0.2, 0) is 14.3 Å². The van der Waals surface area contributed by atoms with Crippen molar-refractivity contribution in [2.45, 2.75) is 6.42 Å². The molecule has 94 valence electrons. The van der Waals surface area contributed by atoms with Crippen molar-refractivity contribution in [3.05, 3.63) is 16.5 Å². The fourth-order valence-corrected chi connectivity index (χ4v) is 1.85. The maximum Gasteiger partial charge on any atom is 0.360 e. The highest BCUT2D eigenvalue weighted by Crippen LogP contribution is 2.22. The number of rotatable bonds is 2. The van der Waals surface area contributed by atoms with E-state index in [1.807, 2.05) is 0 Å². The number of ketones is 1. The highest BCUT2D eigenvalue weighted by atomic mass is 79.9. The lowest BCUT2D eigenvalue weighted by molar-refractivity contribution is -0.121. The third-order valence-electron chi connectivity index (χ3n) is 2.34. The van der Waals surface area contributed by atoms with Crippen LogP contribution in [0.25, 0.3) is 0 Å². The number of esters is 1. The van der Waals surface area contributed by atoms with Crippen molar-refractivity contribution in [1.29, 1.82) is 0 Å². The van der Waals surface area contributed by atoms with Crippen molar-refractivity contribution < 1.29 is 19.1 Å². The molecule has 1 aliphatic heterocycles. The number of aromatic nitrogens is 2. The van der Waals surface area contributed by atoms with Crippen LogP contribution in [0.5, 0.6) is 0 Å². The first-order valence-corrected chi connectivity index (χ1v) is 5.75. The summed E-state index contributed by atoms with van der Waals surface area (Å²) < 4.78 is 4.91. The molecule has 0 bridgehead atoms. The molecule has 0 aromatic carbocycles. The molecule has 0 saturated carbocycles. The maximum atomic E-state index is 11.6. The van der Waals surface area contributed by atoms with Gasteiger partial charge in [-0.15, -0.1) is 0 Å². The minimum absolute atomic E-state index is 0.0425. The van der Waals surface area contributed by atoms with Crippen molar-refractivity contribution in [1.82, 2.24) is 9.97 Å². The van der Waals surface area contributed by atoms with Gasteiger partial charge >= 0.3 is 5.97 Å². The Morgan fingerprint density at radius 3 is 2.78 bits per heavy atom. The van der Waals surface area contributed by atoms with Gasteiger partial charge < -0.3 is 4.74 Å². The second kappa shape index (κ2) is 4.81. The molecule has 1 aromatic heterocycles. The molecule has 0 spiro atoms. The first-order chi connectivity index (χ1) is 8.52. The van der Waals surface area contributed by atoms with E-state index in [0.717, 1.165) is 4.90 Å². The minimum Gasteiger partial charge on any atom is -0.464 e. The van der Waals surface area contributed by atoms with Crippen LogP contribution in [0.1, 0.15) is 16.9 Å². The number of methoxy groups -OCH3 is 1. The average Bonchev–Trinajstić information content (AvgIpc) is 2.67. The Bertz CT molecular complexity index is 546. The van der Waals surface area contributed by atoms with Gasteiger partial charge in [-0.2, -0.15) is 0 Å². The van der Waals surface area contributed by atoms with Gasteiger partial charge in [0.15, 0.2) is 17.3 Å². The summed E-state index contributed by atoms with van der Waals surface area (Å²) in [6.45, 7) is -0.0981. The largest absolute Gasteiger partial charge is 0.464 e. The SMILES string of the molecule is COC(=O)c1nc(Br)cnc1N1CC(=O)CC1=O. The third-order valence-corrected chi connectivity index (χ3v) is 2.72. The van der Waals surface area contributed by atoms with Gasteiger partial charge in [0.1, 0.15) is 4.60 Å². The predicted molar refractivity (Wildman–Crippen MR) is 63.0 cm³/mol. The summed E-state index contributed by atoms with van der Waals surface area (Å²) in [7, 11) is 1.20. The molecule has 1 aromatic rings. The van der Waals surface area contributed by atoms with Crippen LogP contribution >= 0.6 is 15.9 Å². The number of nitrogens with zero attached hydrogens (tertiary/aromatic N) is 3. The molecule has 0 N–H and O–H groups in total. The summed E-state index contributed by atoms with van der Waals surface area (Å²) in [5.41, 5.74) is -0.102. The van der Waals surface area contributed by atoms with E-state index < -0.39 is 11.9 Å². The lowest BCUT2D eigenvalue weighted by Crippen LogP contribution is -2.28. The van der Waals surface area contributed by atoms with Crippen LogP contribution in [0.3, 0.4) is 0 Å². The topological polar surface area (TPSA) is 89.5 Å². The van der Waals surface area contributed by atoms with Crippen molar-refractivity contribution >= 4 is 39.4 Å². The number of halogens is 1. The van der Waals surface area contributed by atoms with E-state index in [1.54, 1.807) is 0 Å². The van der Waals surface area contributed by atoms with Gasteiger partial charge in [0.05, 0.1) is 26.3 Å². The molecule has 1 amide bonds. The van der Waals surface area contributed by atoms with Gasteiger partial charge in [0, 0.05) is 0 Å². The highest BCUT2D eigenvalue weighted by molar-refractivity contribution is 9.10. The molecule has 1 aliphatic rings. The number of carbonyl (C=O) groups excluding carboxylic acids is 3. The van der Waals surface area contributed by atoms with Gasteiger partial charge in [-0.3, -0.25) is 14.5 Å². The van der Waals surface area contributed by atoms with Gasteiger partial charge in [-0.25, -0.2) is 14.8 Å². The standard InChI is InChI=1S/C10H8BrN3O4/c1-18-10(17)8-9(12-3-6(11)13-8)14-4-5(15)2-7(14)16/h3H,2,4H2,1H3. The number of Topliss-reactive ketones (excluding diaryl/α,β-unsaturated/α-hetero) is 1. The average molecular weight is 314 g/mol. The van der Waals surface area contributed by atoms with Crippen molar-refractivity contribution in [2.24, 2.45) is 0 Å². The zero-order valence-electron chi connectivity index (χ0n) is 9.34. The predicted octanol–water partition coefficient (Wildman–Crippen LogP) is 0.331. The molecule has 18 heavy (non-hydrogen) atoms. The molecule has 0 aliphatic carbocycles. The minimum atomic E-state index is -0.717. The summed E-state index contributed by atoms with van der Waals surface area (Å²) in [4.78, 5) is 43.4. The Kier molecular flexibility index (Phi) is 3.37. The Morgan fingerprint density at radius 1 is 1.50 bits per heavy atom. The molecule has 2 heterocycles. The molecule has 7 nitrogen and oxygen atoms in total. The first kappa shape index (κ1) is 12.6. The van der Waals surface area contributed by atoms with Gasteiger partial charge in [0.2, 0.25) is 5.91 Å². The molecular formula is C10H8BrN3O4. The Balaban J connectivity index is 2.47. The smallest absolute Gasteiger partial charge is 0.360 e. The molecule has 1 saturated heterocycles. The van der Waals surface area contributed by atoms with Crippen LogP contribution in [0, 0.1) is 0 Å². The molecule has 0 unspecified atom stereocenters. The van der Waals surface area contributed by atoms with Crippen LogP contribution in [-0.4, -0.2) is 41.3 Å². The quantitative estimate of drug-likeness (QED) is 0.577. The monoisotopic (exact) mass is 313 g/mol. The lowest BCUT2D eigenvalue weighted by atomic mass is 10.3. The zero-order valence-corrected chi connectivity index (χ0v) is 10.9.